The van der Waals surface area contributed by atoms with Crippen LogP contribution in [0.4, 0.5) is 5.69 Å². The van der Waals surface area contributed by atoms with Gasteiger partial charge in [0.15, 0.2) is 0 Å². The first kappa shape index (κ1) is 17.5. The predicted octanol–water partition coefficient (Wildman–Crippen LogP) is 4.86. The van der Waals surface area contributed by atoms with Gasteiger partial charge < -0.3 is 10.1 Å². The van der Waals surface area contributed by atoms with E-state index in [4.69, 9.17) is 0 Å². The molecule has 3 heterocycles. The van der Waals surface area contributed by atoms with E-state index in [2.05, 4.69) is 4.98 Å². The van der Waals surface area contributed by atoms with Crippen LogP contribution in [-0.4, -0.2) is 21.8 Å². The van der Waals surface area contributed by atoms with Crippen molar-refractivity contribution in [3.05, 3.63) is 94.3 Å². The summed E-state index contributed by atoms with van der Waals surface area (Å²) in [5.41, 5.74) is 2.07. The molecule has 0 bridgehead atoms. The smallest absolute Gasteiger partial charge is 0.300 e. The number of aromatic amines is 1. The van der Waals surface area contributed by atoms with Crippen molar-refractivity contribution in [1.82, 2.24) is 4.98 Å². The van der Waals surface area contributed by atoms with Crippen LogP contribution in [0.25, 0.3) is 16.7 Å². The van der Waals surface area contributed by atoms with Gasteiger partial charge in [0.2, 0.25) is 0 Å². The highest BCUT2D eigenvalue weighted by Gasteiger charge is 2.47. The van der Waals surface area contributed by atoms with Gasteiger partial charge in [-0.2, -0.15) is 0 Å². The number of H-pyrrole nitrogens is 1. The maximum absolute atomic E-state index is 13.1. The van der Waals surface area contributed by atoms with Crippen molar-refractivity contribution in [1.29, 1.82) is 0 Å². The number of para-hydroxylation sites is 2. The third kappa shape index (κ3) is 2.68. The van der Waals surface area contributed by atoms with Crippen molar-refractivity contribution in [2.24, 2.45) is 0 Å². The summed E-state index contributed by atoms with van der Waals surface area (Å²) in [7, 11) is 0. The number of aliphatic hydroxyl groups excluding tert-OH is 1. The Hall–Kier alpha value is -3.64. The number of nitrogens with one attached hydrogen (secondary N) is 1. The topological polar surface area (TPSA) is 73.4 Å². The SMILES string of the molecule is O=C1C(=O)N(c2ccccc2)C(c2cccs2)/C1=C(/O)c1c[nH]c2ccccc12. The van der Waals surface area contributed by atoms with E-state index >= 15 is 0 Å². The van der Waals surface area contributed by atoms with Gasteiger partial charge in [-0.15, -0.1) is 11.3 Å². The fraction of sp³-hybridized carbons (Fsp3) is 0.0435. The summed E-state index contributed by atoms with van der Waals surface area (Å²) in [6, 6.07) is 19.7. The Morgan fingerprint density at radius 3 is 2.48 bits per heavy atom. The number of hydrogen-bond donors (Lipinski definition) is 2. The van der Waals surface area contributed by atoms with Crippen LogP contribution in [0, 0.1) is 0 Å². The standard InChI is InChI=1S/C23H16N2O3S/c26-21(16-13-24-17-10-5-4-9-15(16)17)19-20(18-11-6-12-29-18)25(23(28)22(19)27)14-7-2-1-3-8-14/h1-13,20,24,26H/b21-19-. The number of rotatable bonds is 3. The highest BCUT2D eigenvalue weighted by Crippen LogP contribution is 2.44. The minimum atomic E-state index is -0.685. The fourth-order valence-corrected chi connectivity index (χ4v) is 4.64. The van der Waals surface area contributed by atoms with Crippen molar-refractivity contribution in [3.8, 4) is 0 Å². The van der Waals surface area contributed by atoms with Crippen LogP contribution < -0.4 is 4.90 Å². The molecule has 1 aliphatic rings. The summed E-state index contributed by atoms with van der Waals surface area (Å²) in [5.74, 6) is -1.50. The lowest BCUT2D eigenvalue weighted by Crippen LogP contribution is -2.28. The van der Waals surface area contributed by atoms with E-state index in [-0.39, 0.29) is 11.3 Å². The van der Waals surface area contributed by atoms with Gasteiger partial charge in [-0.3, -0.25) is 14.5 Å². The molecule has 1 unspecified atom stereocenters. The molecule has 6 heteroatoms. The maximum Gasteiger partial charge on any atom is 0.300 e. The van der Waals surface area contributed by atoms with Crippen LogP contribution >= 0.6 is 11.3 Å². The van der Waals surface area contributed by atoms with Crippen LogP contribution in [0.5, 0.6) is 0 Å². The third-order valence-electron chi connectivity index (χ3n) is 5.14. The van der Waals surface area contributed by atoms with Crippen LogP contribution in [0.3, 0.4) is 0 Å². The maximum atomic E-state index is 13.1. The van der Waals surface area contributed by atoms with E-state index in [9.17, 15) is 14.7 Å². The fourth-order valence-electron chi connectivity index (χ4n) is 3.82. The van der Waals surface area contributed by atoms with Gasteiger partial charge in [-0.1, -0.05) is 42.5 Å². The molecule has 0 saturated carbocycles. The van der Waals surface area contributed by atoms with Crippen LogP contribution in [-0.2, 0) is 9.59 Å². The number of amides is 1. The van der Waals surface area contributed by atoms with Gasteiger partial charge in [0.1, 0.15) is 11.8 Å². The number of aromatic nitrogens is 1. The van der Waals surface area contributed by atoms with E-state index in [1.54, 1.807) is 18.3 Å². The number of fused-ring (bicyclic) bond motifs is 1. The minimum Gasteiger partial charge on any atom is -0.507 e. The van der Waals surface area contributed by atoms with Gasteiger partial charge in [0, 0.05) is 33.2 Å². The number of thiophene rings is 1. The van der Waals surface area contributed by atoms with Gasteiger partial charge >= 0.3 is 0 Å². The average Bonchev–Trinajstić information content (AvgIpc) is 3.47. The van der Waals surface area contributed by atoms with E-state index < -0.39 is 17.7 Å². The lowest BCUT2D eigenvalue weighted by Gasteiger charge is -2.24. The summed E-state index contributed by atoms with van der Waals surface area (Å²) in [6.07, 6.45) is 1.67. The Labute approximate surface area is 170 Å². The van der Waals surface area contributed by atoms with Gasteiger partial charge in [0.05, 0.1) is 5.57 Å². The molecule has 0 radical (unpaired) electrons. The molecule has 0 aliphatic carbocycles. The molecule has 5 rings (SSSR count). The molecule has 1 amide bonds. The Morgan fingerprint density at radius 1 is 0.966 bits per heavy atom. The molecule has 29 heavy (non-hydrogen) atoms. The second-order valence-corrected chi connectivity index (χ2v) is 7.75. The van der Waals surface area contributed by atoms with Gasteiger partial charge in [-0.25, -0.2) is 0 Å². The minimum absolute atomic E-state index is 0.103. The monoisotopic (exact) mass is 400 g/mol. The lowest BCUT2D eigenvalue weighted by atomic mass is 9.99. The normalized spacial score (nSPS) is 18.6. The van der Waals surface area contributed by atoms with Gasteiger partial charge in [0.25, 0.3) is 11.7 Å². The summed E-state index contributed by atoms with van der Waals surface area (Å²) in [5, 5.41) is 13.9. The number of aliphatic hydroxyl groups is 1. The molecule has 2 aromatic carbocycles. The molecule has 142 valence electrons. The Balaban J connectivity index is 1.75. The number of ketones is 1. The number of hydrogen-bond acceptors (Lipinski definition) is 4. The van der Waals surface area contributed by atoms with Crippen molar-refractivity contribution in [2.45, 2.75) is 6.04 Å². The molecule has 1 aliphatic heterocycles. The largest absolute Gasteiger partial charge is 0.507 e. The number of nitrogens with zero attached hydrogens (tertiary/aromatic N) is 1. The number of carbonyl (C=O) groups is 2. The zero-order valence-corrected chi connectivity index (χ0v) is 16.0. The number of anilines is 1. The number of carbonyl (C=O) groups excluding carboxylic acids is 2. The molecule has 2 N–H and O–H groups in total. The lowest BCUT2D eigenvalue weighted by molar-refractivity contribution is -0.132. The van der Waals surface area contributed by atoms with Crippen molar-refractivity contribution >= 4 is 45.4 Å². The second-order valence-electron chi connectivity index (χ2n) is 6.77. The molecule has 0 spiro atoms. The summed E-state index contributed by atoms with van der Waals surface area (Å²) >= 11 is 1.45. The number of Topliss-reactive ketones (excluding diaryl/α,β-unsaturated/α-hetero) is 1. The first-order valence-corrected chi connectivity index (χ1v) is 10.0. The van der Waals surface area contributed by atoms with Crippen LogP contribution in [0.15, 0.2) is 83.9 Å². The van der Waals surface area contributed by atoms with Gasteiger partial charge in [-0.05, 0) is 29.6 Å². The molecule has 1 fully saturated rings. The Kier molecular flexibility index (Phi) is 4.07. The molecule has 1 saturated heterocycles. The Bertz CT molecular complexity index is 1260. The average molecular weight is 400 g/mol. The molecular weight excluding hydrogens is 384 g/mol. The summed E-state index contributed by atoms with van der Waals surface area (Å²) in [6.45, 7) is 0. The second kappa shape index (κ2) is 6.76. The molecule has 4 aromatic rings. The number of benzene rings is 2. The van der Waals surface area contributed by atoms with Crippen LogP contribution in [0.2, 0.25) is 0 Å². The molecule has 5 nitrogen and oxygen atoms in total. The van der Waals surface area contributed by atoms with Crippen LogP contribution in [0.1, 0.15) is 16.5 Å². The zero-order chi connectivity index (χ0) is 20.0. The van der Waals surface area contributed by atoms with E-state index in [0.29, 0.717) is 11.3 Å². The first-order chi connectivity index (χ1) is 14.2. The Morgan fingerprint density at radius 2 is 1.72 bits per heavy atom. The molecule has 2 aromatic heterocycles. The molecular formula is C23H16N2O3S. The van der Waals surface area contributed by atoms with Crippen molar-refractivity contribution in [2.75, 3.05) is 4.90 Å². The zero-order valence-electron chi connectivity index (χ0n) is 15.2. The van der Waals surface area contributed by atoms with E-state index in [1.165, 1.54) is 16.2 Å². The highest BCUT2D eigenvalue weighted by atomic mass is 32.1. The summed E-state index contributed by atoms with van der Waals surface area (Å²) in [4.78, 5) is 31.4. The summed E-state index contributed by atoms with van der Waals surface area (Å²) < 4.78 is 0. The first-order valence-electron chi connectivity index (χ1n) is 9.13. The van der Waals surface area contributed by atoms with E-state index in [0.717, 1.165) is 15.8 Å². The quantitative estimate of drug-likeness (QED) is 0.293. The third-order valence-corrected chi connectivity index (χ3v) is 6.06. The highest BCUT2D eigenvalue weighted by molar-refractivity contribution is 7.10. The van der Waals surface area contributed by atoms with Crippen molar-refractivity contribution < 1.29 is 14.7 Å². The molecule has 1 atom stereocenters. The van der Waals surface area contributed by atoms with Crippen molar-refractivity contribution in [3.63, 3.8) is 0 Å². The van der Waals surface area contributed by atoms with E-state index in [1.807, 2.05) is 60.0 Å². The predicted molar refractivity (Wildman–Crippen MR) is 114 cm³/mol.